The third-order valence-electron chi connectivity index (χ3n) is 2.89. The molecule has 0 aliphatic carbocycles. The number of rotatable bonds is 10. The predicted octanol–water partition coefficient (Wildman–Crippen LogP) is 0.375. The van der Waals surface area contributed by atoms with E-state index in [0.29, 0.717) is 12.6 Å². The maximum Gasteiger partial charge on any atom is 0.210 e. The third kappa shape index (κ3) is 10.7. The summed E-state index contributed by atoms with van der Waals surface area (Å²) in [6, 6.07) is 0.340. The lowest BCUT2D eigenvalue weighted by molar-refractivity contribution is 0.291. The fraction of sp³-hybridized carbons (Fsp3) is 1.00. The first kappa shape index (κ1) is 16.8. The molecule has 0 bridgehead atoms. The topological polar surface area (TPSA) is 75.4 Å². The molecule has 0 aromatic heterocycles. The Bertz CT molecular complexity index is 276. The van der Waals surface area contributed by atoms with Gasteiger partial charge in [-0.15, -0.1) is 0 Å². The lowest BCUT2D eigenvalue weighted by Gasteiger charge is -2.19. The molecule has 0 aliphatic heterocycles. The normalized spacial score (nSPS) is 14.2. The molecule has 0 amide bonds. The van der Waals surface area contributed by atoms with E-state index in [9.17, 15) is 8.42 Å². The third-order valence-corrected chi connectivity index (χ3v) is 3.66. The van der Waals surface area contributed by atoms with E-state index in [1.807, 2.05) is 0 Å². The van der Waals surface area contributed by atoms with Crippen LogP contribution in [0.2, 0.25) is 0 Å². The average Bonchev–Trinajstić information content (AvgIpc) is 2.22. The Hall–Kier alpha value is -0.170. The summed E-state index contributed by atoms with van der Waals surface area (Å²) in [5, 5.41) is 8.09. The van der Waals surface area contributed by atoms with Crippen LogP contribution in [-0.2, 0) is 10.0 Å². The first-order valence-corrected chi connectivity index (χ1v) is 8.06. The molecule has 1 atom stereocenters. The predicted molar refractivity (Wildman–Crippen MR) is 72.5 cm³/mol. The summed E-state index contributed by atoms with van der Waals surface area (Å²) in [6.45, 7) is 10.1. The largest absolute Gasteiger partial charge is 0.313 e. The van der Waals surface area contributed by atoms with E-state index in [0.717, 1.165) is 32.5 Å². The molecule has 0 aromatic carbocycles. The van der Waals surface area contributed by atoms with Gasteiger partial charge >= 0.3 is 0 Å². The molecule has 0 aromatic rings. The van der Waals surface area contributed by atoms with Gasteiger partial charge in [-0.1, -0.05) is 13.8 Å². The van der Waals surface area contributed by atoms with Gasteiger partial charge in [-0.3, -0.25) is 0 Å². The molecule has 17 heavy (non-hydrogen) atoms. The second-order valence-electron chi connectivity index (χ2n) is 4.39. The van der Waals surface area contributed by atoms with Gasteiger partial charge in [0.25, 0.3) is 0 Å². The van der Waals surface area contributed by atoms with Crippen LogP contribution in [0.4, 0.5) is 0 Å². The minimum absolute atomic E-state index is 0.00733. The molecule has 0 saturated carbocycles. The Morgan fingerprint density at radius 1 is 1.29 bits per heavy atom. The molecule has 0 radical (unpaired) electrons. The smallest absolute Gasteiger partial charge is 0.210 e. The summed E-state index contributed by atoms with van der Waals surface area (Å²) in [6.07, 6.45) is 2.19. The number of nitrogens with one attached hydrogen (secondary N) is 1. The molecule has 0 spiro atoms. The van der Waals surface area contributed by atoms with E-state index in [4.69, 9.17) is 5.14 Å². The second-order valence-corrected chi connectivity index (χ2v) is 6.13. The van der Waals surface area contributed by atoms with Gasteiger partial charge in [0.15, 0.2) is 0 Å². The maximum absolute atomic E-state index is 10.7. The molecule has 0 rings (SSSR count). The van der Waals surface area contributed by atoms with Gasteiger partial charge < -0.3 is 10.2 Å². The molecule has 1 unspecified atom stereocenters. The van der Waals surface area contributed by atoms with Crippen LogP contribution in [-0.4, -0.2) is 51.3 Å². The molecule has 0 aliphatic rings. The van der Waals surface area contributed by atoms with Crippen LogP contribution >= 0.6 is 0 Å². The van der Waals surface area contributed by atoms with E-state index in [1.54, 1.807) is 0 Å². The fourth-order valence-electron chi connectivity index (χ4n) is 1.71. The summed E-state index contributed by atoms with van der Waals surface area (Å²) in [5.74, 6) is 0.00733. The van der Waals surface area contributed by atoms with Crippen LogP contribution < -0.4 is 10.5 Å². The molecule has 0 heterocycles. The number of nitrogens with zero attached hydrogens (tertiary/aromatic N) is 1. The minimum Gasteiger partial charge on any atom is -0.313 e. The molecule has 3 N–H and O–H groups in total. The zero-order valence-corrected chi connectivity index (χ0v) is 12.1. The highest BCUT2D eigenvalue weighted by molar-refractivity contribution is 7.89. The van der Waals surface area contributed by atoms with Crippen molar-refractivity contribution < 1.29 is 8.42 Å². The molecule has 0 saturated heterocycles. The van der Waals surface area contributed by atoms with Gasteiger partial charge in [-0.2, -0.15) is 0 Å². The second kappa shape index (κ2) is 8.85. The molecular weight excluding hydrogens is 238 g/mol. The molecule has 104 valence electrons. The van der Waals surface area contributed by atoms with Crippen LogP contribution in [0.25, 0.3) is 0 Å². The van der Waals surface area contributed by atoms with Crippen LogP contribution in [0.15, 0.2) is 0 Å². The molecular formula is C11H27N3O2S. The summed E-state index contributed by atoms with van der Waals surface area (Å²) in [5.41, 5.74) is 0. The van der Waals surface area contributed by atoms with Gasteiger partial charge in [-0.05, 0) is 39.4 Å². The van der Waals surface area contributed by atoms with E-state index in [1.165, 1.54) is 0 Å². The van der Waals surface area contributed by atoms with Gasteiger partial charge in [0.2, 0.25) is 10.0 Å². The van der Waals surface area contributed by atoms with Gasteiger partial charge in [-0.25, -0.2) is 13.6 Å². The standard InChI is InChI=1S/C11H27N3O2S/c1-4-14(5-2)9-6-7-11(3)13-8-10-17(12,15)16/h11,13H,4-10H2,1-3H3,(H2,12,15,16). The van der Waals surface area contributed by atoms with Gasteiger partial charge in [0.05, 0.1) is 5.75 Å². The van der Waals surface area contributed by atoms with E-state index < -0.39 is 10.0 Å². The highest BCUT2D eigenvalue weighted by atomic mass is 32.2. The maximum atomic E-state index is 10.7. The van der Waals surface area contributed by atoms with Crippen molar-refractivity contribution in [3.05, 3.63) is 0 Å². The Labute approximate surface area is 106 Å². The van der Waals surface area contributed by atoms with Crippen molar-refractivity contribution in [1.82, 2.24) is 10.2 Å². The Balaban J connectivity index is 3.56. The molecule has 6 heteroatoms. The number of primary sulfonamides is 1. The number of hydrogen-bond acceptors (Lipinski definition) is 4. The SMILES string of the molecule is CCN(CC)CCCC(C)NCCS(N)(=O)=O. The lowest BCUT2D eigenvalue weighted by Crippen LogP contribution is -2.33. The van der Waals surface area contributed by atoms with E-state index in [-0.39, 0.29) is 5.75 Å². The van der Waals surface area contributed by atoms with Crippen molar-refractivity contribution in [2.75, 3.05) is 31.9 Å². The zero-order chi connectivity index (χ0) is 13.3. The first-order chi connectivity index (χ1) is 7.89. The van der Waals surface area contributed by atoms with Crippen LogP contribution in [0, 0.1) is 0 Å². The van der Waals surface area contributed by atoms with Gasteiger partial charge in [0.1, 0.15) is 0 Å². The summed E-state index contributed by atoms with van der Waals surface area (Å²) in [7, 11) is -3.33. The van der Waals surface area contributed by atoms with Crippen molar-refractivity contribution in [2.24, 2.45) is 5.14 Å². The van der Waals surface area contributed by atoms with E-state index in [2.05, 4.69) is 31.0 Å². The Kier molecular flexibility index (Phi) is 8.77. The first-order valence-electron chi connectivity index (χ1n) is 6.35. The van der Waals surface area contributed by atoms with Crippen LogP contribution in [0.3, 0.4) is 0 Å². The summed E-state index contributed by atoms with van der Waals surface area (Å²) in [4.78, 5) is 2.39. The van der Waals surface area contributed by atoms with Crippen molar-refractivity contribution in [1.29, 1.82) is 0 Å². The zero-order valence-electron chi connectivity index (χ0n) is 11.3. The number of sulfonamides is 1. The number of hydrogen-bond donors (Lipinski definition) is 2. The molecule has 0 fully saturated rings. The summed E-state index contributed by atoms with van der Waals surface area (Å²) >= 11 is 0. The lowest BCUT2D eigenvalue weighted by atomic mass is 10.2. The van der Waals surface area contributed by atoms with Crippen molar-refractivity contribution in [3.63, 3.8) is 0 Å². The highest BCUT2D eigenvalue weighted by Crippen LogP contribution is 1.99. The van der Waals surface area contributed by atoms with Crippen molar-refractivity contribution in [3.8, 4) is 0 Å². The molecule has 5 nitrogen and oxygen atoms in total. The Morgan fingerprint density at radius 3 is 2.35 bits per heavy atom. The van der Waals surface area contributed by atoms with E-state index >= 15 is 0 Å². The van der Waals surface area contributed by atoms with Crippen LogP contribution in [0.1, 0.15) is 33.6 Å². The fourth-order valence-corrected chi connectivity index (χ4v) is 2.11. The minimum atomic E-state index is -3.33. The quantitative estimate of drug-likeness (QED) is 0.598. The van der Waals surface area contributed by atoms with Crippen LogP contribution in [0.5, 0.6) is 0 Å². The van der Waals surface area contributed by atoms with Crippen molar-refractivity contribution >= 4 is 10.0 Å². The summed E-state index contributed by atoms with van der Waals surface area (Å²) < 4.78 is 21.4. The Morgan fingerprint density at radius 2 is 1.88 bits per heavy atom. The monoisotopic (exact) mass is 265 g/mol. The number of nitrogens with two attached hydrogens (primary N) is 1. The van der Waals surface area contributed by atoms with Crippen molar-refractivity contribution in [2.45, 2.75) is 39.7 Å². The average molecular weight is 265 g/mol. The van der Waals surface area contributed by atoms with Gasteiger partial charge in [0, 0.05) is 12.6 Å². The highest BCUT2D eigenvalue weighted by Gasteiger charge is 2.06.